The molecule has 2 amide bonds. The van der Waals surface area contributed by atoms with Gasteiger partial charge in [-0.25, -0.2) is 0 Å². The van der Waals surface area contributed by atoms with Crippen molar-refractivity contribution in [3.63, 3.8) is 0 Å². The zero-order valence-electron chi connectivity index (χ0n) is 14.5. The van der Waals surface area contributed by atoms with Crippen molar-refractivity contribution in [1.82, 2.24) is 10.2 Å². The number of amides is 2. The Labute approximate surface area is 138 Å². The molecule has 1 unspecified atom stereocenters. The molecule has 0 aromatic heterocycles. The predicted molar refractivity (Wildman–Crippen MR) is 92.7 cm³/mol. The maximum Gasteiger partial charge on any atom is 0.251 e. The maximum absolute atomic E-state index is 12.3. The molecule has 5 heteroatoms. The summed E-state index contributed by atoms with van der Waals surface area (Å²) in [5.74, 6) is 0.554. The van der Waals surface area contributed by atoms with Crippen molar-refractivity contribution in [1.29, 1.82) is 0 Å². The van der Waals surface area contributed by atoms with Crippen molar-refractivity contribution in [2.24, 2.45) is 5.92 Å². The van der Waals surface area contributed by atoms with Gasteiger partial charge in [-0.05, 0) is 50.7 Å². The van der Waals surface area contributed by atoms with E-state index in [0.717, 1.165) is 18.7 Å². The Bertz CT molecular complexity index is 544. The molecule has 5 nitrogen and oxygen atoms in total. The van der Waals surface area contributed by atoms with Gasteiger partial charge in [0.25, 0.3) is 5.91 Å². The van der Waals surface area contributed by atoms with Crippen LogP contribution < -0.4 is 10.2 Å². The highest BCUT2D eigenvalue weighted by Crippen LogP contribution is 2.21. The van der Waals surface area contributed by atoms with Crippen LogP contribution in [0, 0.1) is 5.92 Å². The molecule has 1 aliphatic heterocycles. The summed E-state index contributed by atoms with van der Waals surface area (Å²) in [6.45, 7) is 5.69. The fourth-order valence-corrected chi connectivity index (χ4v) is 3.03. The molecule has 1 heterocycles. The molecule has 2 rings (SSSR count). The number of nitrogens with one attached hydrogen (secondary N) is 1. The SMILES string of the molecule is CC(C)C(CNC(=O)c1ccc(N2CCCC2=O)cc1)N(C)C. The van der Waals surface area contributed by atoms with E-state index in [-0.39, 0.29) is 11.8 Å². The summed E-state index contributed by atoms with van der Waals surface area (Å²) in [6.07, 6.45) is 1.52. The summed E-state index contributed by atoms with van der Waals surface area (Å²) < 4.78 is 0. The number of anilines is 1. The first-order valence-electron chi connectivity index (χ1n) is 8.25. The molecule has 0 radical (unpaired) electrons. The van der Waals surface area contributed by atoms with Gasteiger partial charge in [-0.2, -0.15) is 0 Å². The largest absolute Gasteiger partial charge is 0.350 e. The van der Waals surface area contributed by atoms with Crippen LogP contribution in [0.15, 0.2) is 24.3 Å². The van der Waals surface area contributed by atoms with E-state index in [9.17, 15) is 9.59 Å². The number of benzene rings is 1. The number of carbonyl (C=O) groups excluding carboxylic acids is 2. The molecule has 126 valence electrons. The van der Waals surface area contributed by atoms with Gasteiger partial charge in [0.05, 0.1) is 0 Å². The third-order valence-corrected chi connectivity index (χ3v) is 4.42. The van der Waals surface area contributed by atoms with Gasteiger partial charge in [-0.1, -0.05) is 13.8 Å². The Kier molecular flexibility index (Phi) is 5.77. The van der Waals surface area contributed by atoms with E-state index in [4.69, 9.17) is 0 Å². The van der Waals surface area contributed by atoms with Crippen molar-refractivity contribution in [3.05, 3.63) is 29.8 Å². The summed E-state index contributed by atoms with van der Waals surface area (Å²) in [5, 5.41) is 3.00. The molecule has 23 heavy (non-hydrogen) atoms. The lowest BCUT2D eigenvalue weighted by atomic mass is 10.0. The number of hydrogen-bond acceptors (Lipinski definition) is 3. The minimum atomic E-state index is -0.0724. The van der Waals surface area contributed by atoms with E-state index in [1.54, 1.807) is 17.0 Å². The second kappa shape index (κ2) is 7.59. The molecule has 0 aliphatic carbocycles. The quantitative estimate of drug-likeness (QED) is 0.874. The minimum Gasteiger partial charge on any atom is -0.350 e. The molecule has 0 bridgehead atoms. The molecule has 1 saturated heterocycles. The zero-order chi connectivity index (χ0) is 17.0. The van der Waals surface area contributed by atoms with Crippen LogP contribution in [0.5, 0.6) is 0 Å². The smallest absolute Gasteiger partial charge is 0.251 e. The number of rotatable bonds is 6. The number of nitrogens with zero attached hydrogens (tertiary/aromatic N) is 2. The van der Waals surface area contributed by atoms with E-state index in [2.05, 4.69) is 24.1 Å². The number of hydrogen-bond donors (Lipinski definition) is 1. The van der Waals surface area contributed by atoms with Crippen LogP contribution in [0.3, 0.4) is 0 Å². The van der Waals surface area contributed by atoms with Gasteiger partial charge in [0.2, 0.25) is 5.91 Å². The van der Waals surface area contributed by atoms with E-state index in [1.807, 2.05) is 26.2 Å². The lowest BCUT2D eigenvalue weighted by molar-refractivity contribution is -0.117. The summed E-state index contributed by atoms with van der Waals surface area (Å²) in [5.41, 5.74) is 1.50. The van der Waals surface area contributed by atoms with Crippen LogP contribution in [0.2, 0.25) is 0 Å². The molecule has 0 saturated carbocycles. The van der Waals surface area contributed by atoms with Crippen LogP contribution in [0.1, 0.15) is 37.0 Å². The molecule has 1 aliphatic rings. The van der Waals surface area contributed by atoms with E-state index < -0.39 is 0 Å². The van der Waals surface area contributed by atoms with E-state index >= 15 is 0 Å². The van der Waals surface area contributed by atoms with E-state index in [1.165, 1.54) is 0 Å². The molecule has 1 N–H and O–H groups in total. The Morgan fingerprint density at radius 1 is 1.26 bits per heavy atom. The summed E-state index contributed by atoms with van der Waals surface area (Å²) in [6, 6.07) is 7.58. The van der Waals surface area contributed by atoms with Crippen LogP contribution in [-0.2, 0) is 4.79 Å². The summed E-state index contributed by atoms with van der Waals surface area (Å²) in [4.78, 5) is 27.9. The molecule has 1 fully saturated rings. The van der Waals surface area contributed by atoms with Gasteiger partial charge in [-0.15, -0.1) is 0 Å². The van der Waals surface area contributed by atoms with Gasteiger partial charge in [-0.3, -0.25) is 9.59 Å². The van der Waals surface area contributed by atoms with Gasteiger partial charge in [0.15, 0.2) is 0 Å². The highest BCUT2D eigenvalue weighted by Gasteiger charge is 2.22. The first kappa shape index (κ1) is 17.5. The molecule has 0 spiro atoms. The van der Waals surface area contributed by atoms with Gasteiger partial charge in [0, 0.05) is 36.8 Å². The highest BCUT2D eigenvalue weighted by atomic mass is 16.2. The molecular weight excluding hydrogens is 290 g/mol. The number of carbonyl (C=O) groups is 2. The molecular formula is C18H27N3O2. The Morgan fingerprint density at radius 2 is 1.91 bits per heavy atom. The van der Waals surface area contributed by atoms with Crippen molar-refractivity contribution in [2.45, 2.75) is 32.7 Å². The Balaban J connectivity index is 1.96. The van der Waals surface area contributed by atoms with Gasteiger partial charge >= 0.3 is 0 Å². The van der Waals surface area contributed by atoms with Crippen molar-refractivity contribution >= 4 is 17.5 Å². The summed E-state index contributed by atoms with van der Waals surface area (Å²) in [7, 11) is 4.05. The fraction of sp³-hybridized carbons (Fsp3) is 0.556. The first-order chi connectivity index (χ1) is 10.9. The fourth-order valence-electron chi connectivity index (χ4n) is 3.03. The van der Waals surface area contributed by atoms with Gasteiger partial charge in [0.1, 0.15) is 0 Å². The lowest BCUT2D eigenvalue weighted by Gasteiger charge is -2.28. The monoisotopic (exact) mass is 317 g/mol. The highest BCUT2D eigenvalue weighted by molar-refractivity contribution is 5.97. The predicted octanol–water partition coefficient (Wildman–Crippen LogP) is 2.13. The maximum atomic E-state index is 12.3. The Hall–Kier alpha value is -1.88. The van der Waals surface area contributed by atoms with Crippen molar-refractivity contribution in [3.8, 4) is 0 Å². The molecule has 1 atom stereocenters. The topological polar surface area (TPSA) is 52.7 Å². The number of likely N-dealkylation sites (N-methyl/N-ethyl adjacent to an activating group) is 1. The average molecular weight is 317 g/mol. The van der Waals surface area contributed by atoms with Crippen LogP contribution in [0.25, 0.3) is 0 Å². The minimum absolute atomic E-state index is 0.0724. The second-order valence-corrected chi connectivity index (χ2v) is 6.68. The van der Waals surface area contributed by atoms with Crippen LogP contribution in [-0.4, -0.2) is 49.9 Å². The lowest BCUT2D eigenvalue weighted by Crippen LogP contribution is -2.43. The third kappa shape index (κ3) is 4.32. The molecule has 1 aromatic carbocycles. The second-order valence-electron chi connectivity index (χ2n) is 6.68. The summed E-state index contributed by atoms with van der Waals surface area (Å²) >= 11 is 0. The third-order valence-electron chi connectivity index (χ3n) is 4.42. The van der Waals surface area contributed by atoms with E-state index in [0.29, 0.717) is 30.5 Å². The normalized spacial score (nSPS) is 16.3. The molecule has 1 aromatic rings. The zero-order valence-corrected chi connectivity index (χ0v) is 14.5. The van der Waals surface area contributed by atoms with Crippen LogP contribution >= 0.6 is 0 Å². The van der Waals surface area contributed by atoms with Crippen molar-refractivity contribution in [2.75, 3.05) is 32.1 Å². The Morgan fingerprint density at radius 3 is 2.39 bits per heavy atom. The average Bonchev–Trinajstić information content (AvgIpc) is 2.93. The van der Waals surface area contributed by atoms with Crippen LogP contribution in [0.4, 0.5) is 5.69 Å². The van der Waals surface area contributed by atoms with Gasteiger partial charge < -0.3 is 15.1 Å². The first-order valence-corrected chi connectivity index (χ1v) is 8.25. The van der Waals surface area contributed by atoms with Crippen molar-refractivity contribution < 1.29 is 9.59 Å². The standard InChI is InChI=1S/C18H27N3O2/c1-13(2)16(20(3)4)12-19-18(23)14-7-9-15(10-8-14)21-11-5-6-17(21)22/h7-10,13,16H,5-6,11-12H2,1-4H3,(H,19,23).